The number of anilines is 3. The Morgan fingerprint density at radius 1 is 1.35 bits per heavy atom. The molecule has 1 aromatic carbocycles. The van der Waals surface area contributed by atoms with Gasteiger partial charge < -0.3 is 30.2 Å². The molecule has 1 aliphatic heterocycles. The van der Waals surface area contributed by atoms with Crippen LogP contribution < -0.4 is 20.7 Å². The predicted octanol–water partition coefficient (Wildman–Crippen LogP) is 1.26. The lowest BCUT2D eigenvalue weighted by molar-refractivity contribution is -0.165. The minimum absolute atomic E-state index is 0.00557. The summed E-state index contributed by atoms with van der Waals surface area (Å²) in [7, 11) is 1.49. The van der Waals surface area contributed by atoms with Crippen LogP contribution in [0.1, 0.15) is 6.92 Å². The van der Waals surface area contributed by atoms with Gasteiger partial charge in [0.2, 0.25) is 5.88 Å². The number of hydrogen-bond acceptors (Lipinski definition) is 10. The quantitative estimate of drug-likeness (QED) is 0.342. The second-order valence-electron chi connectivity index (χ2n) is 8.42. The lowest BCUT2D eigenvalue weighted by Crippen LogP contribution is -2.61. The maximum atomic E-state index is 14.4. The molecule has 5 rings (SSSR count). The van der Waals surface area contributed by atoms with Crippen LogP contribution in [0.2, 0.25) is 0 Å². The monoisotopic (exact) mass is 511 g/mol. The first-order valence-electron chi connectivity index (χ1n) is 11.1. The number of nitrogens with two attached hydrogens (primary N) is 1. The number of carbonyl (C=O) groups is 2. The Kier molecular flexibility index (Phi) is 5.97. The van der Waals surface area contributed by atoms with Gasteiger partial charge in [0.1, 0.15) is 11.2 Å². The number of nitrogens with one attached hydrogen (secondary N) is 1. The van der Waals surface area contributed by atoms with Crippen LogP contribution in [0.5, 0.6) is 5.88 Å². The molecule has 0 unspecified atom stereocenters. The molecule has 1 aliphatic rings. The minimum atomic E-state index is -2.32. The second-order valence-corrected chi connectivity index (χ2v) is 8.42. The van der Waals surface area contributed by atoms with Gasteiger partial charge in [-0.15, -0.1) is 5.10 Å². The summed E-state index contributed by atoms with van der Waals surface area (Å²) in [5.41, 5.74) is 3.88. The number of rotatable bonds is 6. The van der Waals surface area contributed by atoms with Crippen LogP contribution in [0.3, 0.4) is 0 Å². The number of aliphatic hydroxyl groups is 1. The van der Waals surface area contributed by atoms with Gasteiger partial charge in [0, 0.05) is 36.3 Å². The van der Waals surface area contributed by atoms with E-state index in [0.29, 0.717) is 17.4 Å². The van der Waals surface area contributed by atoms with Crippen molar-refractivity contribution >= 4 is 40.1 Å². The first kappa shape index (κ1) is 24.1. The molecule has 1 fully saturated rings. The van der Waals surface area contributed by atoms with Gasteiger partial charge in [-0.2, -0.15) is 0 Å². The molecule has 3 aromatic heterocycles. The Bertz CT molecular complexity index is 1500. The van der Waals surface area contributed by atoms with Crippen molar-refractivity contribution in [3.63, 3.8) is 0 Å². The molecule has 0 saturated carbocycles. The largest absolute Gasteiger partial charge is 0.481 e. The summed E-state index contributed by atoms with van der Waals surface area (Å²) >= 11 is 0. The van der Waals surface area contributed by atoms with Crippen molar-refractivity contribution in [3.8, 4) is 11.6 Å². The fraction of sp³-hybridized carbons (Fsp3) is 0.261. The average molecular weight is 511 g/mol. The van der Waals surface area contributed by atoms with E-state index < -0.39 is 29.3 Å². The van der Waals surface area contributed by atoms with Crippen LogP contribution in [0.15, 0.2) is 47.2 Å². The second kappa shape index (κ2) is 9.15. The molecule has 2 amide bonds. The molecule has 4 aromatic rings. The molecule has 2 atom stereocenters. The first-order valence-corrected chi connectivity index (χ1v) is 11.1. The zero-order valence-electron chi connectivity index (χ0n) is 19.7. The molecule has 192 valence electrons. The number of hydrogen-bond donors (Lipinski definition) is 3. The van der Waals surface area contributed by atoms with Crippen LogP contribution in [0, 0.1) is 5.82 Å². The van der Waals surface area contributed by atoms with Crippen molar-refractivity contribution in [1.29, 1.82) is 0 Å². The lowest BCUT2D eigenvalue weighted by atomic mass is 9.95. The number of amides is 2. The third kappa shape index (κ3) is 4.32. The van der Waals surface area contributed by atoms with Crippen LogP contribution in [-0.2, 0) is 14.3 Å². The van der Waals surface area contributed by atoms with Crippen LogP contribution >= 0.6 is 0 Å². The van der Waals surface area contributed by atoms with E-state index >= 15 is 0 Å². The van der Waals surface area contributed by atoms with Gasteiger partial charge in [-0.25, -0.2) is 14.1 Å². The molecule has 0 bridgehead atoms. The zero-order valence-corrected chi connectivity index (χ0v) is 19.7. The fourth-order valence-electron chi connectivity index (χ4n) is 3.97. The van der Waals surface area contributed by atoms with Crippen LogP contribution in [-0.4, -0.2) is 68.8 Å². The summed E-state index contributed by atoms with van der Waals surface area (Å²) in [6, 6.07) is 7.30. The van der Waals surface area contributed by atoms with Crippen molar-refractivity contribution in [2.45, 2.75) is 18.6 Å². The summed E-state index contributed by atoms with van der Waals surface area (Å²) in [5, 5.41) is 21.3. The molecule has 0 aliphatic carbocycles. The van der Waals surface area contributed by atoms with Gasteiger partial charge >= 0.3 is 0 Å². The minimum Gasteiger partial charge on any atom is -0.481 e. The number of pyridine rings is 1. The average Bonchev–Trinajstić information content (AvgIpc) is 3.51. The highest BCUT2D eigenvalue weighted by molar-refractivity contribution is 6.06. The zero-order chi connectivity index (χ0) is 26.3. The maximum absolute atomic E-state index is 14.4. The van der Waals surface area contributed by atoms with Crippen molar-refractivity contribution < 1.29 is 33.1 Å². The van der Waals surface area contributed by atoms with Crippen molar-refractivity contribution in [2.24, 2.45) is 0 Å². The predicted molar refractivity (Wildman–Crippen MR) is 128 cm³/mol. The highest BCUT2D eigenvalue weighted by Crippen LogP contribution is 2.29. The number of fused-ring (bicyclic) bond motifs is 1. The number of aromatic nitrogens is 4. The van der Waals surface area contributed by atoms with Gasteiger partial charge in [-0.1, -0.05) is 5.16 Å². The molecule has 0 spiro atoms. The van der Waals surface area contributed by atoms with Gasteiger partial charge in [-0.3, -0.25) is 14.5 Å². The van der Waals surface area contributed by atoms with Gasteiger partial charge in [0.25, 0.3) is 11.8 Å². The van der Waals surface area contributed by atoms with E-state index in [1.54, 1.807) is 30.6 Å². The molecule has 14 heteroatoms. The summed E-state index contributed by atoms with van der Waals surface area (Å²) < 4.78 is 31.5. The molecule has 13 nitrogen and oxygen atoms in total. The van der Waals surface area contributed by atoms with Gasteiger partial charge in [0.05, 0.1) is 25.9 Å². The van der Waals surface area contributed by atoms with Gasteiger partial charge in [-0.05, 0) is 19.1 Å². The lowest BCUT2D eigenvalue weighted by Gasteiger charge is -2.37. The first-order chi connectivity index (χ1) is 17.7. The highest BCUT2D eigenvalue weighted by atomic mass is 19.1. The van der Waals surface area contributed by atoms with Crippen LogP contribution in [0.4, 0.5) is 21.7 Å². The van der Waals surface area contributed by atoms with E-state index in [9.17, 15) is 19.1 Å². The third-order valence-electron chi connectivity index (χ3n) is 5.91. The summed E-state index contributed by atoms with van der Waals surface area (Å²) in [6.45, 7) is 1.32. The smallest absolute Gasteiger partial charge is 0.260 e. The molecule has 37 heavy (non-hydrogen) atoms. The van der Waals surface area contributed by atoms with E-state index in [1.807, 2.05) is 0 Å². The number of ether oxygens (including phenoxy) is 2. The Labute approximate surface area is 208 Å². The Morgan fingerprint density at radius 3 is 2.95 bits per heavy atom. The topological polar surface area (TPSA) is 171 Å². The standard InChI is InChI=1S/C23H22FN7O6/c1-23(34,22(33)27-12-9-14(24)18-15(10-12)37-29-20(18)25)19-21(32)30(7-8-36-19)16-4-6-31(28-16)13-3-5-26-17(11-13)35-2/h3-6,9-11,19,34H,7-8H2,1-2H3,(H2,25,29)(H,27,33)/t19-,23+/m0/s1. The van der Waals surface area contributed by atoms with E-state index in [-0.39, 0.29) is 35.6 Å². The number of nitrogens with zero attached hydrogens (tertiary/aromatic N) is 5. The third-order valence-corrected chi connectivity index (χ3v) is 5.91. The van der Waals surface area contributed by atoms with E-state index in [1.165, 1.54) is 22.8 Å². The maximum Gasteiger partial charge on any atom is 0.260 e. The molecule has 4 heterocycles. The number of halogens is 1. The van der Waals surface area contributed by atoms with E-state index in [4.69, 9.17) is 19.7 Å². The van der Waals surface area contributed by atoms with E-state index in [2.05, 4.69) is 20.6 Å². The molecule has 4 N–H and O–H groups in total. The number of morpholine rings is 1. The Balaban J connectivity index is 1.35. The summed E-state index contributed by atoms with van der Waals surface area (Å²) in [6.07, 6.45) is 1.65. The number of benzene rings is 1. The normalized spacial score (nSPS) is 17.6. The number of nitrogen functional groups attached to an aromatic ring is 1. The number of methoxy groups -OCH3 is 1. The van der Waals surface area contributed by atoms with Crippen molar-refractivity contribution in [3.05, 3.63) is 48.5 Å². The Hall–Kier alpha value is -4.56. The van der Waals surface area contributed by atoms with Crippen LogP contribution in [0.25, 0.3) is 16.7 Å². The SMILES string of the molecule is COc1cc(-n2ccc(N3CCO[C@H]([C@@](C)(O)C(=O)Nc4cc(F)c5c(N)noc5c4)C3=O)n2)ccn1. The number of carbonyl (C=O) groups excluding carboxylic acids is 2. The summed E-state index contributed by atoms with van der Waals surface area (Å²) in [5.74, 6) is -1.89. The summed E-state index contributed by atoms with van der Waals surface area (Å²) in [4.78, 5) is 31.6. The molecule has 1 saturated heterocycles. The highest BCUT2D eigenvalue weighted by Gasteiger charge is 2.49. The van der Waals surface area contributed by atoms with Crippen molar-refractivity contribution in [1.82, 2.24) is 19.9 Å². The van der Waals surface area contributed by atoms with Crippen molar-refractivity contribution in [2.75, 3.05) is 36.2 Å². The fourth-order valence-corrected chi connectivity index (χ4v) is 3.97. The van der Waals surface area contributed by atoms with E-state index in [0.717, 1.165) is 13.0 Å². The molecule has 0 radical (unpaired) electrons. The Morgan fingerprint density at radius 2 is 2.16 bits per heavy atom. The van der Waals surface area contributed by atoms with Gasteiger partial charge in [0.15, 0.2) is 28.9 Å². The molecular weight excluding hydrogens is 489 g/mol. The molecular formula is C23H22FN7O6.